The lowest BCUT2D eigenvalue weighted by Gasteiger charge is -2.65. The average Bonchev–Trinajstić information content (AvgIpc) is 3.25. The molecule has 2 saturated heterocycles. The Kier molecular flexibility index (Phi) is 5.94. The number of rotatable bonds is 2. The van der Waals surface area contributed by atoms with Crippen molar-refractivity contribution in [2.75, 3.05) is 0 Å². The van der Waals surface area contributed by atoms with Crippen LogP contribution in [0.4, 0.5) is 0 Å². The van der Waals surface area contributed by atoms with E-state index in [0.717, 1.165) is 32.1 Å². The van der Waals surface area contributed by atoms with Crippen molar-refractivity contribution in [3.05, 3.63) is 23.3 Å². The first kappa shape index (κ1) is 25.5. The monoisotopic (exact) mass is 486 g/mol. The molecule has 0 bridgehead atoms. The van der Waals surface area contributed by atoms with Crippen molar-refractivity contribution in [2.24, 2.45) is 39.9 Å². The summed E-state index contributed by atoms with van der Waals surface area (Å²) in [5.74, 6) is 0.726. The topological polar surface area (TPSA) is 76.0 Å². The number of aliphatic hydroxyl groups is 2. The normalized spacial score (nSPS) is 50.8. The van der Waals surface area contributed by atoms with Crippen LogP contribution < -0.4 is 0 Å². The highest BCUT2D eigenvalue weighted by Gasteiger charge is 2.68. The van der Waals surface area contributed by atoms with E-state index in [-0.39, 0.29) is 40.2 Å². The molecule has 196 valence electrons. The lowest BCUT2D eigenvalue weighted by molar-refractivity contribution is -0.195. The van der Waals surface area contributed by atoms with E-state index in [0.29, 0.717) is 24.7 Å². The molecule has 0 aromatic rings. The van der Waals surface area contributed by atoms with Crippen LogP contribution in [0, 0.1) is 39.9 Å². The third-order valence-electron chi connectivity index (χ3n) is 11.3. The maximum absolute atomic E-state index is 12.5. The Morgan fingerprint density at radius 2 is 1.77 bits per heavy atom. The molecule has 10 atom stereocenters. The van der Waals surface area contributed by atoms with Crippen LogP contribution in [0.1, 0.15) is 93.4 Å². The number of esters is 1. The number of hydrogen-bond donors (Lipinski definition) is 2. The zero-order chi connectivity index (χ0) is 25.6. The van der Waals surface area contributed by atoms with Gasteiger partial charge < -0.3 is 19.7 Å². The minimum Gasteiger partial charge on any atom is -0.459 e. The molecule has 0 amide bonds. The molecule has 0 aromatic carbocycles. The summed E-state index contributed by atoms with van der Waals surface area (Å²) < 4.78 is 11.9. The van der Waals surface area contributed by atoms with E-state index >= 15 is 0 Å². The van der Waals surface area contributed by atoms with E-state index in [2.05, 4.69) is 46.8 Å². The fraction of sp³-hybridized carbons (Fsp3) is 0.833. The van der Waals surface area contributed by atoms with Crippen LogP contribution in [0.3, 0.4) is 0 Å². The van der Waals surface area contributed by atoms with E-state index in [9.17, 15) is 15.0 Å². The van der Waals surface area contributed by atoms with E-state index in [4.69, 9.17) is 9.47 Å². The van der Waals surface area contributed by atoms with Gasteiger partial charge in [-0.25, -0.2) is 0 Å². The quantitative estimate of drug-likeness (QED) is 0.395. The molecule has 5 rings (SSSR count). The molecule has 2 saturated carbocycles. The third kappa shape index (κ3) is 3.62. The molecular formula is C30H46O5. The Bertz CT molecular complexity index is 946. The SMILES string of the molecule is CC(C)=CC1CC(C2CC=C3C2(C)CCC2C4(C)CCC(=O)OC(C)(C)C4CC(O)C32C)C(O)O1. The van der Waals surface area contributed by atoms with Crippen molar-refractivity contribution >= 4 is 5.97 Å². The highest BCUT2D eigenvalue weighted by atomic mass is 16.6. The molecule has 0 aromatic heterocycles. The van der Waals surface area contributed by atoms with Crippen LogP contribution in [-0.4, -0.2) is 40.3 Å². The molecule has 2 N–H and O–H groups in total. The second kappa shape index (κ2) is 8.16. The summed E-state index contributed by atoms with van der Waals surface area (Å²) in [5.41, 5.74) is 1.56. The van der Waals surface area contributed by atoms with Gasteiger partial charge in [-0.2, -0.15) is 0 Å². The molecule has 5 aliphatic rings. The van der Waals surface area contributed by atoms with Gasteiger partial charge in [0.05, 0.1) is 12.2 Å². The van der Waals surface area contributed by atoms with Gasteiger partial charge in [-0.05, 0) is 88.9 Å². The van der Waals surface area contributed by atoms with Crippen molar-refractivity contribution in [3.8, 4) is 0 Å². The lowest BCUT2D eigenvalue weighted by Crippen LogP contribution is -2.63. The van der Waals surface area contributed by atoms with E-state index in [1.54, 1.807) is 0 Å². The first-order valence-corrected chi connectivity index (χ1v) is 13.8. The number of allylic oxidation sites excluding steroid dienone is 2. The van der Waals surface area contributed by atoms with Crippen molar-refractivity contribution < 1.29 is 24.5 Å². The van der Waals surface area contributed by atoms with Crippen molar-refractivity contribution in [3.63, 3.8) is 0 Å². The Labute approximate surface area is 211 Å². The van der Waals surface area contributed by atoms with E-state index in [1.165, 1.54) is 11.1 Å². The first-order valence-electron chi connectivity index (χ1n) is 13.8. The molecule has 10 unspecified atom stereocenters. The van der Waals surface area contributed by atoms with Crippen LogP contribution in [0.25, 0.3) is 0 Å². The first-order chi connectivity index (χ1) is 16.2. The minimum absolute atomic E-state index is 0.0229. The second-order valence-corrected chi connectivity index (χ2v) is 13.8. The zero-order valence-electron chi connectivity index (χ0n) is 22.8. The van der Waals surface area contributed by atoms with Crippen molar-refractivity contribution in [2.45, 2.75) is 118 Å². The highest BCUT2D eigenvalue weighted by Crippen LogP contribution is 2.72. The number of fused-ring (bicyclic) bond motifs is 5. The van der Waals surface area contributed by atoms with Crippen LogP contribution >= 0.6 is 0 Å². The Morgan fingerprint density at radius 1 is 1.06 bits per heavy atom. The number of carbonyl (C=O) groups excluding carboxylic acids is 1. The fourth-order valence-electron chi connectivity index (χ4n) is 9.85. The maximum atomic E-state index is 12.5. The minimum atomic E-state index is -0.736. The van der Waals surface area contributed by atoms with Crippen molar-refractivity contribution in [1.29, 1.82) is 0 Å². The van der Waals surface area contributed by atoms with E-state index in [1.807, 2.05) is 13.8 Å². The fourth-order valence-corrected chi connectivity index (χ4v) is 9.85. The summed E-state index contributed by atoms with van der Waals surface area (Å²) in [7, 11) is 0. The Morgan fingerprint density at radius 3 is 2.46 bits per heavy atom. The van der Waals surface area contributed by atoms with Gasteiger partial charge in [-0.15, -0.1) is 0 Å². The predicted molar refractivity (Wildman–Crippen MR) is 135 cm³/mol. The molecule has 3 aliphatic carbocycles. The van der Waals surface area contributed by atoms with Gasteiger partial charge in [0, 0.05) is 23.7 Å². The van der Waals surface area contributed by atoms with E-state index < -0.39 is 18.0 Å². The smallest absolute Gasteiger partial charge is 0.306 e. The molecule has 2 heterocycles. The molecule has 2 aliphatic heterocycles. The number of aliphatic hydroxyl groups excluding tert-OH is 2. The predicted octanol–water partition coefficient (Wildman–Crippen LogP) is 5.55. The second-order valence-electron chi connectivity index (χ2n) is 13.8. The van der Waals surface area contributed by atoms with Gasteiger partial charge in [0.25, 0.3) is 0 Å². The number of cyclic esters (lactones) is 1. The van der Waals surface area contributed by atoms with Crippen LogP contribution in [0.2, 0.25) is 0 Å². The number of hydrogen-bond acceptors (Lipinski definition) is 5. The van der Waals surface area contributed by atoms with Crippen LogP contribution in [0.5, 0.6) is 0 Å². The summed E-state index contributed by atoms with van der Waals surface area (Å²) in [6.07, 6.45) is 9.09. The molecular weight excluding hydrogens is 440 g/mol. The maximum Gasteiger partial charge on any atom is 0.306 e. The van der Waals surface area contributed by atoms with Crippen LogP contribution in [-0.2, 0) is 14.3 Å². The summed E-state index contributed by atoms with van der Waals surface area (Å²) in [4.78, 5) is 12.5. The largest absolute Gasteiger partial charge is 0.459 e. The summed E-state index contributed by atoms with van der Waals surface area (Å²) >= 11 is 0. The third-order valence-corrected chi connectivity index (χ3v) is 11.3. The Hall–Kier alpha value is -1.17. The van der Waals surface area contributed by atoms with Gasteiger partial charge >= 0.3 is 5.97 Å². The van der Waals surface area contributed by atoms with Gasteiger partial charge in [-0.3, -0.25) is 4.79 Å². The highest BCUT2D eigenvalue weighted by molar-refractivity contribution is 5.70. The molecule has 35 heavy (non-hydrogen) atoms. The lowest BCUT2D eigenvalue weighted by atomic mass is 9.40. The average molecular weight is 487 g/mol. The molecule has 4 fully saturated rings. The summed E-state index contributed by atoms with van der Waals surface area (Å²) in [6, 6.07) is 0. The van der Waals surface area contributed by atoms with Gasteiger partial charge in [0.2, 0.25) is 0 Å². The summed E-state index contributed by atoms with van der Waals surface area (Å²) in [6.45, 7) is 15.3. The number of ether oxygens (including phenoxy) is 2. The van der Waals surface area contributed by atoms with Crippen molar-refractivity contribution in [1.82, 2.24) is 0 Å². The number of carbonyl (C=O) groups is 1. The van der Waals surface area contributed by atoms with Gasteiger partial charge in [-0.1, -0.05) is 44.1 Å². The standard InChI is InChI=1S/C30H46O5/c1-17(2)14-18-15-19(26(33)34-18)20-8-9-21-28(20,5)12-10-22-29(6)13-11-25(32)35-27(3,4)23(29)16-24(31)30(21,22)7/h9,14,18-20,22-24,26,31,33H,8,10-13,15-16H2,1-7H3. The molecule has 0 radical (unpaired) electrons. The molecule has 5 heteroatoms. The van der Waals surface area contributed by atoms with Crippen LogP contribution in [0.15, 0.2) is 23.3 Å². The summed E-state index contributed by atoms with van der Waals surface area (Å²) in [5, 5.41) is 22.8. The van der Waals surface area contributed by atoms with Gasteiger partial charge in [0.1, 0.15) is 5.60 Å². The molecule has 0 spiro atoms. The Balaban J connectivity index is 1.48. The zero-order valence-corrected chi connectivity index (χ0v) is 22.8. The molecule has 5 nitrogen and oxygen atoms in total. The van der Waals surface area contributed by atoms with Gasteiger partial charge in [0.15, 0.2) is 6.29 Å².